The SMILES string of the molecule is O=Cc1sc(Sc2cccc(F)c2)nc1Cl. The first-order chi connectivity index (χ1) is 7.69. The van der Waals surface area contributed by atoms with Crippen molar-refractivity contribution in [1.29, 1.82) is 0 Å². The molecule has 0 fully saturated rings. The van der Waals surface area contributed by atoms with E-state index in [1.807, 2.05) is 0 Å². The third-order valence-corrected chi connectivity index (χ3v) is 4.13. The van der Waals surface area contributed by atoms with Crippen LogP contribution >= 0.6 is 34.7 Å². The Morgan fingerprint density at radius 3 is 2.94 bits per heavy atom. The molecule has 1 aromatic carbocycles. The minimum Gasteiger partial charge on any atom is -0.297 e. The molecule has 2 rings (SSSR count). The molecule has 2 nitrogen and oxygen atoms in total. The maximum atomic E-state index is 12.9. The number of aromatic nitrogens is 1. The molecule has 0 bridgehead atoms. The van der Waals surface area contributed by atoms with Crippen molar-refractivity contribution in [3.05, 3.63) is 40.1 Å². The molecule has 82 valence electrons. The van der Waals surface area contributed by atoms with Crippen LogP contribution in [0.2, 0.25) is 5.15 Å². The maximum Gasteiger partial charge on any atom is 0.163 e. The van der Waals surface area contributed by atoms with Crippen LogP contribution in [0.25, 0.3) is 0 Å². The summed E-state index contributed by atoms with van der Waals surface area (Å²) in [4.78, 5) is 15.7. The lowest BCUT2D eigenvalue weighted by Crippen LogP contribution is -1.75. The summed E-state index contributed by atoms with van der Waals surface area (Å²) in [6.45, 7) is 0. The average Bonchev–Trinajstić information content (AvgIpc) is 2.58. The van der Waals surface area contributed by atoms with Crippen molar-refractivity contribution in [2.24, 2.45) is 0 Å². The molecule has 0 N–H and O–H groups in total. The Balaban J connectivity index is 2.23. The van der Waals surface area contributed by atoms with Crippen molar-refractivity contribution in [3.63, 3.8) is 0 Å². The highest BCUT2D eigenvalue weighted by Crippen LogP contribution is 2.34. The fraction of sp³-hybridized carbons (Fsp3) is 0. The molecule has 1 heterocycles. The number of aldehydes is 1. The third-order valence-electron chi connectivity index (χ3n) is 1.70. The van der Waals surface area contributed by atoms with Crippen LogP contribution in [0.1, 0.15) is 9.67 Å². The number of carbonyl (C=O) groups is 1. The molecular weight excluding hydrogens is 269 g/mol. The Morgan fingerprint density at radius 2 is 2.31 bits per heavy atom. The first-order valence-electron chi connectivity index (χ1n) is 4.24. The van der Waals surface area contributed by atoms with E-state index in [2.05, 4.69) is 4.98 Å². The highest BCUT2D eigenvalue weighted by Gasteiger charge is 2.09. The van der Waals surface area contributed by atoms with Gasteiger partial charge in [0.15, 0.2) is 15.8 Å². The van der Waals surface area contributed by atoms with Crippen LogP contribution < -0.4 is 0 Å². The number of halogens is 2. The molecule has 0 unspecified atom stereocenters. The Morgan fingerprint density at radius 1 is 1.50 bits per heavy atom. The highest BCUT2D eigenvalue weighted by atomic mass is 35.5. The van der Waals surface area contributed by atoms with Gasteiger partial charge in [-0.3, -0.25) is 4.79 Å². The number of hydrogen-bond acceptors (Lipinski definition) is 4. The van der Waals surface area contributed by atoms with E-state index in [-0.39, 0.29) is 11.0 Å². The van der Waals surface area contributed by atoms with Crippen LogP contribution in [-0.4, -0.2) is 11.3 Å². The van der Waals surface area contributed by atoms with E-state index in [1.165, 1.54) is 35.2 Å². The zero-order valence-electron chi connectivity index (χ0n) is 7.81. The summed E-state index contributed by atoms with van der Waals surface area (Å²) in [5.41, 5.74) is 0. The molecule has 2 aromatic rings. The van der Waals surface area contributed by atoms with Gasteiger partial charge in [0.25, 0.3) is 0 Å². The maximum absolute atomic E-state index is 12.9. The van der Waals surface area contributed by atoms with Gasteiger partial charge in [-0.15, -0.1) is 11.3 Å². The van der Waals surface area contributed by atoms with Gasteiger partial charge in [0.05, 0.1) is 0 Å². The number of rotatable bonds is 3. The van der Waals surface area contributed by atoms with Crippen molar-refractivity contribution in [2.75, 3.05) is 0 Å². The predicted octanol–water partition coefficient (Wildman–Crippen LogP) is 3.90. The zero-order chi connectivity index (χ0) is 11.5. The van der Waals surface area contributed by atoms with Crippen molar-refractivity contribution in [1.82, 2.24) is 4.98 Å². The van der Waals surface area contributed by atoms with Gasteiger partial charge in [0.1, 0.15) is 10.7 Å². The van der Waals surface area contributed by atoms with Crippen LogP contribution in [0.3, 0.4) is 0 Å². The normalized spacial score (nSPS) is 10.4. The molecule has 6 heteroatoms. The monoisotopic (exact) mass is 273 g/mol. The van der Waals surface area contributed by atoms with Gasteiger partial charge in [-0.05, 0) is 18.2 Å². The second-order valence-corrected chi connectivity index (χ2v) is 5.52. The summed E-state index contributed by atoms with van der Waals surface area (Å²) in [6.07, 6.45) is 0.662. The molecule has 0 aliphatic heterocycles. The van der Waals surface area contributed by atoms with Crippen molar-refractivity contribution in [3.8, 4) is 0 Å². The van der Waals surface area contributed by atoms with E-state index in [0.29, 0.717) is 15.5 Å². The van der Waals surface area contributed by atoms with Gasteiger partial charge in [0, 0.05) is 4.90 Å². The third kappa shape index (κ3) is 2.61. The minimum absolute atomic E-state index is 0.193. The van der Waals surface area contributed by atoms with E-state index >= 15 is 0 Å². The lowest BCUT2D eigenvalue weighted by molar-refractivity contribution is 0.112. The first kappa shape index (κ1) is 11.6. The lowest BCUT2D eigenvalue weighted by atomic mass is 10.4. The molecule has 0 radical (unpaired) electrons. The number of nitrogens with zero attached hydrogens (tertiary/aromatic N) is 1. The summed E-state index contributed by atoms with van der Waals surface area (Å²) >= 11 is 8.19. The van der Waals surface area contributed by atoms with Gasteiger partial charge in [0.2, 0.25) is 0 Å². The predicted molar refractivity (Wildman–Crippen MR) is 63.0 cm³/mol. The number of hydrogen-bond donors (Lipinski definition) is 0. The molecule has 16 heavy (non-hydrogen) atoms. The fourth-order valence-corrected chi connectivity index (χ4v) is 3.27. The van der Waals surface area contributed by atoms with Gasteiger partial charge in [-0.1, -0.05) is 29.4 Å². The minimum atomic E-state index is -0.303. The lowest BCUT2D eigenvalue weighted by Gasteiger charge is -1.96. The van der Waals surface area contributed by atoms with Gasteiger partial charge >= 0.3 is 0 Å². The van der Waals surface area contributed by atoms with Crippen molar-refractivity contribution >= 4 is 41.0 Å². The molecular formula is C10H5ClFNOS2. The largest absolute Gasteiger partial charge is 0.297 e. The van der Waals surface area contributed by atoms with E-state index in [0.717, 1.165) is 4.90 Å². The standard InChI is InChI=1S/C10H5ClFNOS2/c11-9-8(5-14)16-10(13-9)15-7-3-1-2-6(12)4-7/h1-5H. The molecule has 1 aromatic heterocycles. The molecule has 0 aliphatic carbocycles. The van der Waals surface area contributed by atoms with Crippen molar-refractivity contribution < 1.29 is 9.18 Å². The average molecular weight is 274 g/mol. The van der Waals surface area contributed by atoms with Crippen molar-refractivity contribution in [2.45, 2.75) is 9.24 Å². The zero-order valence-corrected chi connectivity index (χ0v) is 10.2. The molecule has 0 atom stereocenters. The van der Waals surface area contributed by atoms with Gasteiger partial charge < -0.3 is 0 Å². The van der Waals surface area contributed by atoms with E-state index in [1.54, 1.807) is 12.1 Å². The second kappa shape index (κ2) is 4.95. The highest BCUT2D eigenvalue weighted by molar-refractivity contribution is 8.01. The second-order valence-electron chi connectivity index (χ2n) is 2.81. The van der Waals surface area contributed by atoms with E-state index in [4.69, 9.17) is 11.6 Å². The Bertz CT molecular complexity index is 529. The van der Waals surface area contributed by atoms with Crippen LogP contribution in [0, 0.1) is 5.82 Å². The Labute approximate surface area is 104 Å². The summed E-state index contributed by atoms with van der Waals surface area (Å²) < 4.78 is 13.5. The first-order valence-corrected chi connectivity index (χ1v) is 6.25. The molecule has 0 saturated heterocycles. The van der Waals surface area contributed by atoms with Crippen LogP contribution in [-0.2, 0) is 0 Å². The topological polar surface area (TPSA) is 30.0 Å². The van der Waals surface area contributed by atoms with E-state index in [9.17, 15) is 9.18 Å². The molecule has 0 amide bonds. The van der Waals surface area contributed by atoms with Crippen LogP contribution in [0.15, 0.2) is 33.5 Å². The molecule has 0 aliphatic rings. The summed E-state index contributed by atoms with van der Waals surface area (Å²) in [6, 6.07) is 6.16. The van der Waals surface area contributed by atoms with Crippen LogP contribution in [0.5, 0.6) is 0 Å². The number of thiazole rings is 1. The Hall–Kier alpha value is -0.910. The molecule has 0 spiro atoms. The summed E-state index contributed by atoms with van der Waals surface area (Å²) in [5, 5.41) is 0.193. The Kier molecular flexibility index (Phi) is 3.58. The summed E-state index contributed by atoms with van der Waals surface area (Å²) in [5.74, 6) is -0.303. The van der Waals surface area contributed by atoms with Gasteiger partial charge in [-0.2, -0.15) is 0 Å². The molecule has 0 saturated carbocycles. The van der Waals surface area contributed by atoms with Crippen LogP contribution in [0.4, 0.5) is 4.39 Å². The van der Waals surface area contributed by atoms with E-state index < -0.39 is 0 Å². The number of benzene rings is 1. The summed E-state index contributed by atoms with van der Waals surface area (Å²) in [7, 11) is 0. The smallest absolute Gasteiger partial charge is 0.163 e. The number of carbonyl (C=O) groups excluding carboxylic acids is 1. The quantitative estimate of drug-likeness (QED) is 0.795. The fourth-order valence-electron chi connectivity index (χ4n) is 1.04. The van der Waals surface area contributed by atoms with Gasteiger partial charge in [-0.25, -0.2) is 9.37 Å².